The van der Waals surface area contributed by atoms with E-state index >= 15 is 0 Å². The maximum atomic E-state index is 10.7. The highest BCUT2D eigenvalue weighted by Gasteiger charge is 2.39. The third-order valence-electron chi connectivity index (χ3n) is 1.40. The van der Waals surface area contributed by atoms with Gasteiger partial charge in [0, 0.05) is 0 Å². The van der Waals surface area contributed by atoms with E-state index < -0.39 is 24.7 Å². The number of ketones is 1. The molecule has 0 bridgehead atoms. The minimum atomic E-state index is -4.61. The van der Waals surface area contributed by atoms with Gasteiger partial charge in [0.25, 0.3) is 0 Å². The van der Waals surface area contributed by atoms with Crippen molar-refractivity contribution in [1.82, 2.24) is 0 Å². The molecule has 0 heterocycles. The molecule has 0 saturated heterocycles. The predicted molar refractivity (Wildman–Crippen MR) is 40.5 cm³/mol. The second-order valence-corrected chi connectivity index (χ2v) is 3.88. The lowest BCUT2D eigenvalue weighted by Crippen LogP contribution is -2.19. The largest absolute Gasteiger partial charge is 0.433 e. The Kier molecular flexibility index (Phi) is 3.49. The third kappa shape index (κ3) is 2.68. The molecule has 0 aliphatic rings. The lowest BCUT2D eigenvalue weighted by atomic mass is 10.1. The number of nitrogens with zero attached hydrogens (tertiary/aromatic N) is 2. The van der Waals surface area contributed by atoms with E-state index in [1.54, 1.807) is 0 Å². The first-order valence-electron chi connectivity index (χ1n) is 3.09. The Balaban J connectivity index is 4.99. The molecule has 7 heteroatoms. The molecule has 0 aliphatic carbocycles. The van der Waals surface area contributed by atoms with Crippen molar-refractivity contribution in [3.05, 3.63) is 5.53 Å². The van der Waals surface area contributed by atoms with Crippen LogP contribution >= 0.6 is 7.60 Å². The van der Waals surface area contributed by atoms with Crippen LogP contribution in [0.2, 0.25) is 0 Å². The summed E-state index contributed by atoms with van der Waals surface area (Å²) in [5.41, 5.74) is 7.43. The standard InChI is InChI=1S/C5H9N2O4P/c1-3(4(2)8)5(7-6)12(9,10)11/h3H,1-2H3,(H2,9,10,11). The van der Waals surface area contributed by atoms with Crippen molar-refractivity contribution in [2.24, 2.45) is 5.92 Å². The van der Waals surface area contributed by atoms with Crippen LogP contribution in [-0.2, 0) is 9.36 Å². The Morgan fingerprint density at radius 1 is 1.58 bits per heavy atom. The first kappa shape index (κ1) is 11.2. The fourth-order valence-electron chi connectivity index (χ4n) is 0.579. The van der Waals surface area contributed by atoms with Crippen LogP contribution in [-0.4, -0.2) is 25.8 Å². The van der Waals surface area contributed by atoms with E-state index in [9.17, 15) is 9.36 Å². The highest BCUT2D eigenvalue weighted by atomic mass is 31.2. The van der Waals surface area contributed by atoms with Crippen LogP contribution in [0.25, 0.3) is 5.53 Å². The second-order valence-electron chi connectivity index (χ2n) is 2.33. The van der Waals surface area contributed by atoms with Gasteiger partial charge in [-0.2, -0.15) is 4.79 Å². The highest BCUT2D eigenvalue weighted by molar-refractivity contribution is 7.70. The van der Waals surface area contributed by atoms with Crippen molar-refractivity contribution in [3.63, 3.8) is 0 Å². The van der Waals surface area contributed by atoms with Gasteiger partial charge in [-0.05, 0) is 13.8 Å². The van der Waals surface area contributed by atoms with E-state index in [2.05, 4.69) is 4.79 Å². The smallest absolute Gasteiger partial charge is 0.361 e. The highest BCUT2D eigenvalue weighted by Crippen LogP contribution is 2.38. The fourth-order valence-corrected chi connectivity index (χ4v) is 1.38. The number of carbonyl (C=O) groups is 1. The number of Topliss-reactive ketones (excluding diaryl/α,β-unsaturated/α-hetero) is 1. The predicted octanol–water partition coefficient (Wildman–Crippen LogP) is 0.0175. The van der Waals surface area contributed by atoms with Gasteiger partial charge in [-0.25, -0.2) is 4.57 Å². The van der Waals surface area contributed by atoms with Crippen LogP contribution in [0.15, 0.2) is 0 Å². The van der Waals surface area contributed by atoms with Crippen molar-refractivity contribution in [2.75, 3.05) is 0 Å². The molecule has 6 nitrogen and oxygen atoms in total. The summed E-state index contributed by atoms with van der Waals surface area (Å²) in [6, 6.07) is 0. The van der Waals surface area contributed by atoms with Gasteiger partial charge < -0.3 is 15.3 Å². The number of hydrogen-bond acceptors (Lipinski definition) is 2. The molecule has 0 saturated carbocycles. The zero-order valence-corrected chi connectivity index (χ0v) is 7.52. The van der Waals surface area contributed by atoms with E-state index in [4.69, 9.17) is 15.3 Å². The van der Waals surface area contributed by atoms with E-state index in [-0.39, 0.29) is 0 Å². The fraction of sp³-hybridized carbons (Fsp3) is 0.600. The van der Waals surface area contributed by atoms with E-state index in [1.165, 1.54) is 6.92 Å². The van der Waals surface area contributed by atoms with Crippen LogP contribution in [0.4, 0.5) is 0 Å². The van der Waals surface area contributed by atoms with Crippen molar-refractivity contribution < 1.29 is 23.9 Å². The molecule has 2 N–H and O–H groups in total. The Bertz CT molecular complexity index is 288. The number of hydrogen-bond donors (Lipinski definition) is 2. The summed E-state index contributed by atoms with van der Waals surface area (Å²) in [7, 11) is -4.61. The van der Waals surface area contributed by atoms with Gasteiger partial charge in [-0.1, -0.05) is 0 Å². The molecule has 12 heavy (non-hydrogen) atoms. The summed E-state index contributed by atoms with van der Waals surface area (Å²) in [6.07, 6.45) is 0. The molecule has 0 spiro atoms. The maximum absolute atomic E-state index is 10.7. The van der Waals surface area contributed by atoms with Crippen molar-refractivity contribution in [1.29, 1.82) is 0 Å². The van der Waals surface area contributed by atoms with Gasteiger partial charge >= 0.3 is 13.0 Å². The molecule has 0 rings (SSSR count). The summed E-state index contributed by atoms with van der Waals surface area (Å²) >= 11 is 0. The van der Waals surface area contributed by atoms with Crippen molar-refractivity contribution in [2.45, 2.75) is 13.8 Å². The van der Waals surface area contributed by atoms with E-state index in [0.717, 1.165) is 6.92 Å². The molecule has 0 aromatic carbocycles. The SMILES string of the molecule is CC(=O)C(C)C(=[N+]=[N-])P(=O)(O)O. The minimum absolute atomic E-state index is 0.467. The lowest BCUT2D eigenvalue weighted by Gasteiger charge is -2.02. The molecule has 1 unspecified atom stereocenters. The van der Waals surface area contributed by atoms with Crippen LogP contribution in [0.3, 0.4) is 0 Å². The quantitative estimate of drug-likeness (QED) is 0.284. The molecule has 0 fully saturated rings. The van der Waals surface area contributed by atoms with Gasteiger partial charge in [0.1, 0.15) is 11.7 Å². The Morgan fingerprint density at radius 3 is 2.08 bits per heavy atom. The molecule has 68 valence electrons. The summed E-state index contributed by atoms with van der Waals surface area (Å²) in [5, 5.41) is 0. The van der Waals surface area contributed by atoms with Crippen LogP contribution in [0.5, 0.6) is 0 Å². The molecule has 0 aliphatic heterocycles. The van der Waals surface area contributed by atoms with Crippen LogP contribution < -0.4 is 0 Å². The lowest BCUT2D eigenvalue weighted by molar-refractivity contribution is -0.119. The van der Waals surface area contributed by atoms with Gasteiger partial charge in [0.05, 0.1) is 0 Å². The van der Waals surface area contributed by atoms with Gasteiger partial charge in [0.2, 0.25) is 0 Å². The minimum Gasteiger partial charge on any atom is -0.361 e. The normalized spacial score (nSPS) is 13.3. The van der Waals surface area contributed by atoms with E-state index in [1.807, 2.05) is 0 Å². The van der Waals surface area contributed by atoms with Gasteiger partial charge in [-0.15, -0.1) is 0 Å². The Hall–Kier alpha value is -0.800. The molecule has 0 radical (unpaired) electrons. The molecule has 1 atom stereocenters. The van der Waals surface area contributed by atoms with Crippen LogP contribution in [0.1, 0.15) is 13.8 Å². The van der Waals surface area contributed by atoms with Gasteiger partial charge in [-0.3, -0.25) is 4.79 Å². The Labute approximate surface area is 69.0 Å². The average Bonchev–Trinajstić information content (AvgIpc) is 1.85. The number of carbonyl (C=O) groups excluding carboxylic acids is 1. The van der Waals surface area contributed by atoms with Crippen molar-refractivity contribution in [3.8, 4) is 0 Å². The Morgan fingerprint density at radius 2 is 2.00 bits per heavy atom. The van der Waals surface area contributed by atoms with Crippen LogP contribution in [0, 0.1) is 5.92 Å². The second kappa shape index (κ2) is 3.74. The van der Waals surface area contributed by atoms with Gasteiger partial charge in [0.15, 0.2) is 0 Å². The maximum Gasteiger partial charge on any atom is 0.433 e. The molecular weight excluding hydrogens is 183 g/mol. The molecule has 0 amide bonds. The first-order chi connectivity index (χ1) is 5.30. The van der Waals surface area contributed by atoms with E-state index in [0.29, 0.717) is 0 Å². The monoisotopic (exact) mass is 192 g/mol. The molecule has 0 aromatic heterocycles. The zero-order chi connectivity index (χ0) is 9.94. The third-order valence-corrected chi connectivity index (χ3v) is 2.47. The molecular formula is C5H9N2O4P. The zero-order valence-electron chi connectivity index (χ0n) is 6.63. The first-order valence-corrected chi connectivity index (χ1v) is 4.70. The molecule has 0 aromatic rings. The summed E-state index contributed by atoms with van der Waals surface area (Å²) in [4.78, 5) is 30.2. The topological polar surface area (TPSA) is 111 Å². The summed E-state index contributed by atoms with van der Waals surface area (Å²) in [6.45, 7) is 2.42. The van der Waals surface area contributed by atoms with Crippen molar-refractivity contribution >= 4 is 18.8 Å². The summed E-state index contributed by atoms with van der Waals surface area (Å²) < 4.78 is 10.6. The summed E-state index contributed by atoms with van der Waals surface area (Å²) in [5.74, 6) is -1.53. The number of rotatable bonds is 3. The average molecular weight is 192 g/mol.